The molecule has 0 bridgehead atoms. The predicted molar refractivity (Wildman–Crippen MR) is 58.5 cm³/mol. The maximum Gasteiger partial charge on any atom is 0.323 e. The normalized spacial score (nSPS) is 12.5. The van der Waals surface area contributed by atoms with E-state index in [0.29, 0.717) is 19.0 Å². The largest absolute Gasteiger partial charge is 0.462 e. The first kappa shape index (κ1) is 13.7. The smallest absolute Gasteiger partial charge is 0.323 e. The maximum absolute atomic E-state index is 11.0. The van der Waals surface area contributed by atoms with Gasteiger partial charge in [0, 0.05) is 12.4 Å². The van der Waals surface area contributed by atoms with Gasteiger partial charge in [-0.15, -0.1) is 0 Å². The Morgan fingerprint density at radius 3 is 2.71 bits per heavy atom. The number of esters is 1. The lowest BCUT2D eigenvalue weighted by atomic mass is 10.4. The van der Waals surface area contributed by atoms with Gasteiger partial charge in [0.2, 0.25) is 0 Å². The summed E-state index contributed by atoms with van der Waals surface area (Å²) in [5.74, 6) is -0.116. The summed E-state index contributed by atoms with van der Waals surface area (Å²) in [5.41, 5.74) is 5.39. The van der Waals surface area contributed by atoms with Crippen molar-refractivity contribution in [1.82, 2.24) is 0 Å². The predicted octanol–water partition coefficient (Wildman–Crippen LogP) is 0.603. The quantitative estimate of drug-likeness (QED) is 0.358. The fourth-order valence-corrected chi connectivity index (χ4v) is 0.880. The molecule has 0 unspecified atom stereocenters. The van der Waals surface area contributed by atoms with Crippen LogP contribution in [-0.4, -0.2) is 37.6 Å². The molecule has 4 nitrogen and oxygen atoms in total. The Hall–Kier alpha value is -0.260. The van der Waals surface area contributed by atoms with Crippen LogP contribution in [0.15, 0.2) is 0 Å². The number of carbonyl (C=O) groups excluding carboxylic acids is 1. The Balaban J connectivity index is 3.23. The number of hydrogen-bond acceptors (Lipinski definition) is 5. The average Bonchev–Trinajstić information content (AvgIpc) is 2.21. The topological polar surface area (TPSA) is 61.5 Å². The van der Waals surface area contributed by atoms with Crippen LogP contribution in [0.4, 0.5) is 0 Å². The van der Waals surface area contributed by atoms with E-state index in [0.717, 1.165) is 12.8 Å². The molecule has 0 aromatic rings. The molecule has 0 radical (unpaired) electrons. The third-order valence-electron chi connectivity index (χ3n) is 1.61. The number of nitrogens with two attached hydrogens (primary N) is 1. The second-order valence-corrected chi connectivity index (χ2v) is 3.29. The Morgan fingerprint density at radius 2 is 2.14 bits per heavy atom. The van der Waals surface area contributed by atoms with Crippen molar-refractivity contribution in [2.24, 2.45) is 5.73 Å². The molecule has 1 atom stereocenters. The van der Waals surface area contributed by atoms with Gasteiger partial charge >= 0.3 is 5.97 Å². The van der Waals surface area contributed by atoms with E-state index >= 15 is 0 Å². The monoisotopic (exact) mass is 221 g/mol. The van der Waals surface area contributed by atoms with Crippen LogP contribution in [0.25, 0.3) is 0 Å². The number of unbranched alkanes of at least 4 members (excludes halogenated alkanes) is 1. The molecular weight excluding hydrogens is 202 g/mol. The van der Waals surface area contributed by atoms with Crippen molar-refractivity contribution in [3.05, 3.63) is 0 Å². The summed E-state index contributed by atoms with van der Waals surface area (Å²) in [5, 5.41) is 0. The highest BCUT2D eigenvalue weighted by atomic mass is 32.1. The minimum absolute atomic E-state index is 0.268. The zero-order valence-electron chi connectivity index (χ0n) is 8.57. The van der Waals surface area contributed by atoms with Crippen molar-refractivity contribution in [1.29, 1.82) is 0 Å². The van der Waals surface area contributed by atoms with E-state index in [4.69, 9.17) is 15.2 Å². The summed E-state index contributed by atoms with van der Waals surface area (Å²) < 4.78 is 10.0. The van der Waals surface area contributed by atoms with Crippen LogP contribution in [0.5, 0.6) is 0 Å². The molecule has 0 aromatic carbocycles. The molecule has 0 spiro atoms. The highest BCUT2D eigenvalue weighted by molar-refractivity contribution is 7.80. The van der Waals surface area contributed by atoms with Gasteiger partial charge in [0.15, 0.2) is 0 Å². The standard InChI is InChI=1S/C9H19NO3S/c1-2-3-4-12-5-6-13-9(11)8(10)7-14/h8,14H,2-7,10H2,1H3/t8-/m1/s1. The van der Waals surface area contributed by atoms with Crippen LogP contribution in [0.3, 0.4) is 0 Å². The van der Waals surface area contributed by atoms with Gasteiger partial charge in [0.1, 0.15) is 12.6 Å². The SMILES string of the molecule is CCCCOCCOC(=O)[C@H](N)CS. The molecule has 0 aliphatic heterocycles. The molecule has 0 aromatic heterocycles. The molecule has 14 heavy (non-hydrogen) atoms. The van der Waals surface area contributed by atoms with Gasteiger partial charge in [-0.2, -0.15) is 12.6 Å². The lowest BCUT2D eigenvalue weighted by Crippen LogP contribution is -2.34. The van der Waals surface area contributed by atoms with Gasteiger partial charge in [0.05, 0.1) is 6.61 Å². The summed E-state index contributed by atoms with van der Waals surface area (Å²) in [4.78, 5) is 11.0. The number of thiol groups is 1. The average molecular weight is 221 g/mol. The molecule has 0 aliphatic rings. The summed E-state index contributed by atoms with van der Waals surface area (Å²) in [7, 11) is 0. The van der Waals surface area contributed by atoms with E-state index in [9.17, 15) is 4.79 Å². The molecular formula is C9H19NO3S. The molecule has 0 saturated heterocycles. The highest BCUT2D eigenvalue weighted by Crippen LogP contribution is 1.91. The number of carbonyl (C=O) groups is 1. The number of hydrogen-bond donors (Lipinski definition) is 2. The Morgan fingerprint density at radius 1 is 1.43 bits per heavy atom. The Labute approximate surface area is 90.5 Å². The first-order chi connectivity index (χ1) is 6.72. The fourth-order valence-electron chi connectivity index (χ4n) is 0.731. The van der Waals surface area contributed by atoms with Crippen LogP contribution >= 0.6 is 12.6 Å². The van der Waals surface area contributed by atoms with Crippen molar-refractivity contribution in [2.45, 2.75) is 25.8 Å². The summed E-state index contributed by atoms with van der Waals surface area (Å²) in [6.45, 7) is 3.51. The highest BCUT2D eigenvalue weighted by Gasteiger charge is 2.11. The van der Waals surface area contributed by atoms with Gasteiger partial charge in [-0.25, -0.2) is 0 Å². The minimum Gasteiger partial charge on any atom is -0.462 e. The van der Waals surface area contributed by atoms with Gasteiger partial charge in [0.25, 0.3) is 0 Å². The zero-order chi connectivity index (χ0) is 10.8. The number of ether oxygens (including phenoxy) is 2. The molecule has 0 heterocycles. The third-order valence-corrected chi connectivity index (χ3v) is 2.01. The van der Waals surface area contributed by atoms with Crippen LogP contribution in [0.2, 0.25) is 0 Å². The maximum atomic E-state index is 11.0. The number of rotatable bonds is 8. The van der Waals surface area contributed by atoms with Crippen LogP contribution < -0.4 is 5.73 Å². The summed E-state index contributed by atoms with van der Waals surface area (Å²) in [6.07, 6.45) is 2.13. The molecule has 2 N–H and O–H groups in total. The second kappa shape index (κ2) is 9.30. The molecule has 5 heteroatoms. The van der Waals surface area contributed by atoms with E-state index in [1.807, 2.05) is 0 Å². The summed E-state index contributed by atoms with van der Waals surface area (Å²) >= 11 is 3.89. The first-order valence-electron chi connectivity index (χ1n) is 4.83. The van der Waals surface area contributed by atoms with Crippen molar-refractivity contribution in [3.8, 4) is 0 Å². The van der Waals surface area contributed by atoms with Crippen molar-refractivity contribution in [2.75, 3.05) is 25.6 Å². The van der Waals surface area contributed by atoms with Gasteiger partial charge in [-0.3, -0.25) is 4.79 Å². The summed E-state index contributed by atoms with van der Waals surface area (Å²) in [6, 6.07) is -0.631. The lowest BCUT2D eigenvalue weighted by molar-refractivity contribution is -0.146. The molecule has 84 valence electrons. The van der Waals surface area contributed by atoms with Gasteiger partial charge < -0.3 is 15.2 Å². The Kier molecular flexibility index (Phi) is 9.13. The van der Waals surface area contributed by atoms with E-state index in [2.05, 4.69) is 19.6 Å². The molecule has 0 saturated carbocycles. The molecule has 0 rings (SSSR count). The van der Waals surface area contributed by atoms with Crippen LogP contribution in [0, 0.1) is 0 Å². The van der Waals surface area contributed by atoms with E-state index in [-0.39, 0.29) is 6.61 Å². The minimum atomic E-state index is -0.631. The van der Waals surface area contributed by atoms with Gasteiger partial charge in [-0.1, -0.05) is 13.3 Å². The zero-order valence-corrected chi connectivity index (χ0v) is 9.46. The molecule has 0 aliphatic carbocycles. The Bertz CT molecular complexity index is 155. The first-order valence-corrected chi connectivity index (χ1v) is 5.46. The third kappa shape index (κ3) is 7.17. The lowest BCUT2D eigenvalue weighted by Gasteiger charge is -2.08. The molecule has 0 fully saturated rings. The van der Waals surface area contributed by atoms with Gasteiger partial charge in [-0.05, 0) is 6.42 Å². The van der Waals surface area contributed by atoms with E-state index in [1.165, 1.54) is 0 Å². The fraction of sp³-hybridized carbons (Fsp3) is 0.889. The van der Waals surface area contributed by atoms with E-state index < -0.39 is 12.0 Å². The van der Waals surface area contributed by atoms with Crippen molar-refractivity contribution in [3.63, 3.8) is 0 Å². The van der Waals surface area contributed by atoms with Crippen LogP contribution in [-0.2, 0) is 14.3 Å². The second-order valence-electron chi connectivity index (χ2n) is 2.92. The van der Waals surface area contributed by atoms with Crippen molar-refractivity contribution >= 4 is 18.6 Å². The molecule has 0 amide bonds. The van der Waals surface area contributed by atoms with Crippen molar-refractivity contribution < 1.29 is 14.3 Å². The van der Waals surface area contributed by atoms with E-state index in [1.54, 1.807) is 0 Å². The van der Waals surface area contributed by atoms with Crippen LogP contribution in [0.1, 0.15) is 19.8 Å².